The van der Waals surface area contributed by atoms with Gasteiger partial charge in [0.2, 0.25) is 0 Å². The number of ether oxygens (including phenoxy) is 1. The molecule has 164 valence electrons. The molecule has 32 heavy (non-hydrogen) atoms. The minimum Gasteiger partial charge on any atom is -0.488 e. The summed E-state index contributed by atoms with van der Waals surface area (Å²) in [5.41, 5.74) is 3.36. The first-order chi connectivity index (χ1) is 15.4. The predicted octanol–water partition coefficient (Wildman–Crippen LogP) is 6.78. The van der Waals surface area contributed by atoms with Crippen molar-refractivity contribution in [1.29, 1.82) is 0 Å². The molecule has 0 saturated heterocycles. The van der Waals surface area contributed by atoms with Crippen molar-refractivity contribution >= 4 is 28.7 Å². The molecular weight excluding hydrogens is 436 g/mol. The van der Waals surface area contributed by atoms with Crippen LogP contribution < -0.4 is 4.74 Å². The molecule has 1 aliphatic carbocycles. The zero-order valence-electron chi connectivity index (χ0n) is 17.1. The zero-order chi connectivity index (χ0) is 22.7. The number of allylic oxidation sites excluding steroid dienone is 2. The number of carboxylic acids is 1. The quantitative estimate of drug-likeness (QED) is 0.445. The fourth-order valence-corrected chi connectivity index (χ4v) is 4.15. The average Bonchev–Trinajstić information content (AvgIpc) is 2.79. The van der Waals surface area contributed by atoms with Gasteiger partial charge >= 0.3 is 5.97 Å². The van der Waals surface area contributed by atoms with Gasteiger partial charge < -0.3 is 9.84 Å². The fraction of sp³-hybridized carbons (Fsp3) is 0.200. The molecule has 0 bridgehead atoms. The maximum atomic E-state index is 14.1. The summed E-state index contributed by atoms with van der Waals surface area (Å²) in [6.07, 6.45) is 4.72. The van der Waals surface area contributed by atoms with Gasteiger partial charge in [0.05, 0.1) is 0 Å². The summed E-state index contributed by atoms with van der Waals surface area (Å²) in [6.45, 7) is -0.0867. The van der Waals surface area contributed by atoms with E-state index in [0.29, 0.717) is 29.2 Å². The van der Waals surface area contributed by atoms with Gasteiger partial charge in [-0.1, -0.05) is 17.7 Å². The van der Waals surface area contributed by atoms with Crippen LogP contribution in [-0.4, -0.2) is 16.1 Å². The van der Waals surface area contributed by atoms with Crippen LogP contribution in [0.3, 0.4) is 0 Å². The summed E-state index contributed by atoms with van der Waals surface area (Å²) in [6, 6.07) is 12.0. The SMILES string of the molecule is O=C(O)c1ncccc1C1=C(c2cc(Cl)ccc2OCc2ccc(F)cc2F)CCCC1. The minimum atomic E-state index is -1.09. The molecule has 0 saturated carbocycles. The number of hydrogen-bond donors (Lipinski definition) is 1. The highest BCUT2D eigenvalue weighted by Gasteiger charge is 2.23. The molecule has 0 fully saturated rings. The van der Waals surface area contributed by atoms with E-state index in [0.717, 1.165) is 35.6 Å². The summed E-state index contributed by atoms with van der Waals surface area (Å²) in [4.78, 5) is 15.8. The Kier molecular flexibility index (Phi) is 6.51. The van der Waals surface area contributed by atoms with Gasteiger partial charge in [0.1, 0.15) is 24.0 Å². The Hall–Kier alpha value is -3.25. The molecule has 0 spiro atoms. The van der Waals surface area contributed by atoms with E-state index in [1.54, 1.807) is 30.3 Å². The van der Waals surface area contributed by atoms with Crippen LogP contribution in [0.2, 0.25) is 5.02 Å². The van der Waals surface area contributed by atoms with E-state index < -0.39 is 17.6 Å². The van der Waals surface area contributed by atoms with Gasteiger partial charge in [0, 0.05) is 34.0 Å². The van der Waals surface area contributed by atoms with Crippen LogP contribution in [0.5, 0.6) is 5.75 Å². The molecule has 2 aromatic carbocycles. The highest BCUT2D eigenvalue weighted by molar-refractivity contribution is 6.30. The van der Waals surface area contributed by atoms with Crippen molar-refractivity contribution in [1.82, 2.24) is 4.98 Å². The van der Waals surface area contributed by atoms with Gasteiger partial charge in [-0.25, -0.2) is 18.6 Å². The molecule has 1 N–H and O–H groups in total. The molecule has 0 radical (unpaired) electrons. The van der Waals surface area contributed by atoms with Crippen molar-refractivity contribution in [2.45, 2.75) is 32.3 Å². The molecule has 3 aromatic rings. The van der Waals surface area contributed by atoms with Crippen LogP contribution in [0.4, 0.5) is 8.78 Å². The zero-order valence-corrected chi connectivity index (χ0v) is 17.8. The number of pyridine rings is 1. The third-order valence-corrected chi connectivity index (χ3v) is 5.70. The van der Waals surface area contributed by atoms with Gasteiger partial charge in [-0.3, -0.25) is 0 Å². The van der Waals surface area contributed by atoms with Crippen LogP contribution in [0.1, 0.15) is 52.9 Å². The molecule has 0 unspecified atom stereocenters. The topological polar surface area (TPSA) is 59.4 Å². The lowest BCUT2D eigenvalue weighted by atomic mass is 9.83. The van der Waals surface area contributed by atoms with Crippen molar-refractivity contribution in [2.75, 3.05) is 0 Å². The molecule has 0 atom stereocenters. The van der Waals surface area contributed by atoms with Crippen molar-refractivity contribution < 1.29 is 23.4 Å². The average molecular weight is 456 g/mol. The van der Waals surface area contributed by atoms with E-state index in [2.05, 4.69) is 4.98 Å². The molecule has 1 aromatic heterocycles. The molecule has 4 nitrogen and oxygen atoms in total. The Bertz CT molecular complexity index is 1210. The summed E-state index contributed by atoms with van der Waals surface area (Å²) in [5, 5.41) is 10.1. The Morgan fingerprint density at radius 1 is 1.03 bits per heavy atom. The minimum absolute atomic E-state index is 0.000204. The molecule has 4 rings (SSSR count). The van der Waals surface area contributed by atoms with Gasteiger partial charge in [0.25, 0.3) is 0 Å². The third-order valence-electron chi connectivity index (χ3n) is 5.47. The first kappa shape index (κ1) is 22.0. The van der Waals surface area contributed by atoms with E-state index in [1.807, 2.05) is 0 Å². The third kappa shape index (κ3) is 4.65. The summed E-state index contributed by atoms with van der Waals surface area (Å²) in [5.74, 6) is -1.93. The first-order valence-corrected chi connectivity index (χ1v) is 10.6. The lowest BCUT2D eigenvalue weighted by Crippen LogP contribution is -2.09. The van der Waals surface area contributed by atoms with Gasteiger partial charge in [-0.2, -0.15) is 0 Å². The van der Waals surface area contributed by atoms with Crippen LogP contribution >= 0.6 is 11.6 Å². The monoisotopic (exact) mass is 455 g/mol. The normalized spacial score (nSPS) is 13.8. The van der Waals surface area contributed by atoms with Crippen molar-refractivity contribution in [3.63, 3.8) is 0 Å². The predicted molar refractivity (Wildman–Crippen MR) is 119 cm³/mol. The first-order valence-electron chi connectivity index (χ1n) is 10.2. The van der Waals surface area contributed by atoms with E-state index in [1.165, 1.54) is 18.3 Å². The molecule has 1 aliphatic rings. The number of carboxylic acid groups (broad SMARTS) is 1. The van der Waals surface area contributed by atoms with Gasteiger partial charge in [-0.05, 0) is 73.2 Å². The molecular formula is C25H20ClF2NO3. The lowest BCUT2D eigenvalue weighted by molar-refractivity contribution is 0.0690. The molecule has 0 amide bonds. The highest BCUT2D eigenvalue weighted by atomic mass is 35.5. The Morgan fingerprint density at radius 3 is 2.50 bits per heavy atom. The van der Waals surface area contributed by atoms with Crippen molar-refractivity contribution in [3.05, 3.63) is 93.8 Å². The van der Waals surface area contributed by atoms with E-state index in [9.17, 15) is 18.7 Å². The summed E-state index contributed by atoms with van der Waals surface area (Å²) in [7, 11) is 0. The van der Waals surface area contributed by atoms with Crippen molar-refractivity contribution in [3.8, 4) is 5.75 Å². The lowest BCUT2D eigenvalue weighted by Gasteiger charge is -2.24. The van der Waals surface area contributed by atoms with Crippen LogP contribution in [0.25, 0.3) is 11.1 Å². The molecule has 0 aliphatic heterocycles. The number of aromatic carboxylic acids is 1. The van der Waals surface area contributed by atoms with Crippen molar-refractivity contribution in [2.24, 2.45) is 0 Å². The number of halogens is 3. The van der Waals surface area contributed by atoms with Gasteiger partial charge in [-0.15, -0.1) is 0 Å². The molecule has 7 heteroatoms. The Balaban J connectivity index is 1.77. The van der Waals surface area contributed by atoms with E-state index in [4.69, 9.17) is 16.3 Å². The van der Waals surface area contributed by atoms with Crippen LogP contribution in [-0.2, 0) is 6.61 Å². The number of rotatable bonds is 6. The maximum absolute atomic E-state index is 14.1. The summed E-state index contributed by atoms with van der Waals surface area (Å²) < 4.78 is 33.2. The second-order valence-corrected chi connectivity index (χ2v) is 7.97. The van der Waals surface area contributed by atoms with E-state index in [-0.39, 0.29) is 17.9 Å². The number of carbonyl (C=O) groups is 1. The van der Waals surface area contributed by atoms with E-state index >= 15 is 0 Å². The second-order valence-electron chi connectivity index (χ2n) is 7.53. The summed E-state index contributed by atoms with van der Waals surface area (Å²) >= 11 is 6.29. The number of aromatic nitrogens is 1. The Morgan fingerprint density at radius 2 is 1.78 bits per heavy atom. The largest absolute Gasteiger partial charge is 0.488 e. The van der Waals surface area contributed by atoms with Gasteiger partial charge in [0.15, 0.2) is 5.69 Å². The molecule has 1 heterocycles. The number of hydrogen-bond acceptors (Lipinski definition) is 3. The fourth-order valence-electron chi connectivity index (χ4n) is 3.98. The Labute approximate surface area is 189 Å². The van der Waals surface area contributed by atoms with Crippen LogP contribution in [0, 0.1) is 11.6 Å². The number of benzene rings is 2. The van der Waals surface area contributed by atoms with Crippen LogP contribution in [0.15, 0.2) is 54.7 Å². The standard InChI is InChI=1S/C25H20ClF2NO3/c26-16-8-10-23(32-14-15-7-9-17(27)13-22(15)28)21(12-16)19-5-2-1-4-18(19)20-6-3-11-29-24(20)25(30)31/h3,6-13H,1-2,4-5,14H2,(H,30,31). The maximum Gasteiger partial charge on any atom is 0.355 e. The smallest absolute Gasteiger partial charge is 0.355 e. The second kappa shape index (κ2) is 9.49. The number of nitrogens with zero attached hydrogens (tertiary/aromatic N) is 1. The highest BCUT2D eigenvalue weighted by Crippen LogP contribution is 2.42.